The van der Waals surface area contributed by atoms with E-state index in [0.29, 0.717) is 30.3 Å². The number of anilines is 1. The van der Waals surface area contributed by atoms with Gasteiger partial charge in [0, 0.05) is 37.1 Å². The van der Waals surface area contributed by atoms with Crippen molar-refractivity contribution in [3.05, 3.63) is 41.9 Å². The van der Waals surface area contributed by atoms with E-state index in [1.807, 2.05) is 22.0 Å². The minimum Gasteiger partial charge on any atom is -0.488 e. The van der Waals surface area contributed by atoms with Crippen LogP contribution in [0.4, 0.5) is 5.82 Å². The number of amides is 2. The van der Waals surface area contributed by atoms with E-state index in [0.717, 1.165) is 38.0 Å². The Kier molecular flexibility index (Phi) is 7.70. The number of likely N-dealkylation sites (N-methyl/N-ethyl adjacent to an activating group) is 1. The van der Waals surface area contributed by atoms with Crippen molar-refractivity contribution in [1.29, 1.82) is 0 Å². The van der Waals surface area contributed by atoms with E-state index in [-0.39, 0.29) is 18.2 Å². The number of piperidine rings is 1. The lowest BCUT2D eigenvalue weighted by atomic mass is 10.1. The molecule has 2 unspecified atom stereocenters. The van der Waals surface area contributed by atoms with Crippen molar-refractivity contribution in [3.8, 4) is 5.75 Å². The van der Waals surface area contributed by atoms with Crippen molar-refractivity contribution in [2.75, 3.05) is 45.3 Å². The van der Waals surface area contributed by atoms with Crippen LogP contribution in [-0.2, 0) is 14.3 Å². The number of ether oxygens (including phenoxy) is 2. The van der Waals surface area contributed by atoms with Crippen LogP contribution in [-0.4, -0.2) is 79.1 Å². The number of methoxy groups -OCH3 is 1. The number of pyridine rings is 1. The number of carbonyl (C=O) groups excluding carboxylic acids is 3. The summed E-state index contributed by atoms with van der Waals surface area (Å²) in [5.74, 6) is 0.0825. The van der Waals surface area contributed by atoms with Crippen LogP contribution in [0.5, 0.6) is 5.75 Å². The minimum absolute atomic E-state index is 0.0111. The summed E-state index contributed by atoms with van der Waals surface area (Å²) >= 11 is 0. The molecule has 0 aliphatic carbocycles. The molecule has 3 aliphatic heterocycles. The first-order valence-electron chi connectivity index (χ1n) is 12.1. The van der Waals surface area contributed by atoms with Crippen molar-refractivity contribution in [2.45, 2.75) is 38.8 Å². The normalized spacial score (nSPS) is 20.5. The zero-order valence-corrected chi connectivity index (χ0v) is 20.5. The average molecular weight is 484 g/mol. The topological polar surface area (TPSA) is 104 Å². The Labute approximate surface area is 205 Å². The summed E-state index contributed by atoms with van der Waals surface area (Å²) in [6, 6.07) is 1.78. The fraction of sp³-hybridized carbons (Fsp3) is 0.520. The minimum atomic E-state index is -0.514. The van der Waals surface area contributed by atoms with Crippen molar-refractivity contribution < 1.29 is 23.9 Å². The monoisotopic (exact) mass is 483 g/mol. The van der Waals surface area contributed by atoms with E-state index < -0.39 is 18.1 Å². The van der Waals surface area contributed by atoms with Crippen molar-refractivity contribution in [1.82, 2.24) is 20.1 Å². The number of carbonyl (C=O) groups is 3. The molecule has 2 atom stereocenters. The maximum Gasteiger partial charge on any atom is 0.306 e. The van der Waals surface area contributed by atoms with Gasteiger partial charge < -0.3 is 19.3 Å². The number of nitrogens with zero attached hydrogens (tertiary/aromatic N) is 4. The van der Waals surface area contributed by atoms with E-state index >= 15 is 0 Å². The highest BCUT2D eigenvalue weighted by atomic mass is 16.5. The van der Waals surface area contributed by atoms with Crippen molar-refractivity contribution >= 4 is 23.6 Å². The van der Waals surface area contributed by atoms with Gasteiger partial charge in [-0.15, -0.1) is 0 Å². The quantitative estimate of drug-likeness (QED) is 0.612. The number of aromatic nitrogens is 1. The van der Waals surface area contributed by atoms with Crippen LogP contribution >= 0.6 is 0 Å². The molecule has 4 rings (SSSR count). The fourth-order valence-electron chi connectivity index (χ4n) is 4.58. The lowest BCUT2D eigenvalue weighted by Gasteiger charge is -2.36. The Hall–Kier alpha value is -3.40. The molecule has 2 amide bonds. The van der Waals surface area contributed by atoms with Gasteiger partial charge in [0.15, 0.2) is 11.6 Å². The third-order valence-electron chi connectivity index (χ3n) is 6.57. The predicted molar refractivity (Wildman–Crippen MR) is 130 cm³/mol. The third-order valence-corrected chi connectivity index (χ3v) is 6.57. The molecule has 188 valence electrons. The summed E-state index contributed by atoms with van der Waals surface area (Å²) in [4.78, 5) is 47.5. The van der Waals surface area contributed by atoms with Crippen LogP contribution in [0.2, 0.25) is 0 Å². The van der Waals surface area contributed by atoms with Gasteiger partial charge in [0.05, 0.1) is 25.6 Å². The van der Waals surface area contributed by atoms with Gasteiger partial charge in [0.25, 0.3) is 5.91 Å². The molecule has 0 aromatic carbocycles. The number of allylic oxidation sites excluding steroid dienone is 1. The number of likely N-dealkylation sites (tertiary alicyclic amines) is 1. The zero-order chi connectivity index (χ0) is 24.9. The molecule has 3 aliphatic rings. The largest absolute Gasteiger partial charge is 0.488 e. The lowest BCUT2D eigenvalue weighted by molar-refractivity contribution is -0.146. The smallest absolute Gasteiger partial charge is 0.306 e. The van der Waals surface area contributed by atoms with E-state index in [2.05, 4.69) is 10.3 Å². The van der Waals surface area contributed by atoms with Crippen LogP contribution < -0.4 is 15.0 Å². The van der Waals surface area contributed by atoms with E-state index in [9.17, 15) is 14.4 Å². The Bertz CT molecular complexity index is 1030. The molecule has 10 heteroatoms. The second kappa shape index (κ2) is 10.9. The number of fused-ring (bicyclic) bond motifs is 1. The maximum atomic E-state index is 12.9. The number of esters is 1. The fourth-order valence-corrected chi connectivity index (χ4v) is 4.58. The first-order chi connectivity index (χ1) is 16.9. The molecule has 4 heterocycles. The third kappa shape index (κ3) is 5.32. The van der Waals surface area contributed by atoms with Crippen LogP contribution in [0.15, 0.2) is 36.3 Å². The summed E-state index contributed by atoms with van der Waals surface area (Å²) in [5.41, 5.74) is 1.39. The first-order valence-corrected chi connectivity index (χ1v) is 12.1. The highest BCUT2D eigenvalue weighted by Gasteiger charge is 2.31. The molecule has 35 heavy (non-hydrogen) atoms. The molecule has 1 aromatic heterocycles. The second-order valence-corrected chi connectivity index (χ2v) is 8.97. The first kappa shape index (κ1) is 24.7. The molecule has 1 saturated heterocycles. The van der Waals surface area contributed by atoms with E-state index in [1.54, 1.807) is 37.3 Å². The SMILES string of the molecule is CNC1C=C(N2CCOc3cc(C(=O)N4CCCCC4)cnc32)C=CN1C(=O)C(C)CC(=O)OC. The molecule has 1 aromatic rings. The molecule has 1 N–H and O–H groups in total. The van der Waals surface area contributed by atoms with Crippen LogP contribution in [0.1, 0.15) is 43.0 Å². The number of rotatable bonds is 6. The molecule has 0 bridgehead atoms. The van der Waals surface area contributed by atoms with Crippen LogP contribution in [0, 0.1) is 5.92 Å². The standard InChI is InChI=1S/C25H33N5O5/c1-17(13-22(31)34-3)24(32)30-10-7-19(15-21(30)26-2)29-11-12-35-20-14-18(16-27-23(20)29)25(33)28-8-5-4-6-9-28/h7,10,14-17,21,26H,4-6,8-9,11-13H2,1-3H3. The second-order valence-electron chi connectivity index (χ2n) is 8.97. The molecular weight excluding hydrogens is 450 g/mol. The number of hydrogen-bond acceptors (Lipinski definition) is 8. The molecule has 0 radical (unpaired) electrons. The summed E-state index contributed by atoms with van der Waals surface area (Å²) in [6.45, 7) is 4.30. The highest BCUT2D eigenvalue weighted by molar-refractivity contribution is 5.95. The number of nitrogens with one attached hydrogen (secondary N) is 1. The maximum absolute atomic E-state index is 12.9. The summed E-state index contributed by atoms with van der Waals surface area (Å²) in [7, 11) is 3.08. The Morgan fingerprint density at radius 3 is 2.71 bits per heavy atom. The molecule has 0 spiro atoms. The van der Waals surface area contributed by atoms with Gasteiger partial charge in [-0.1, -0.05) is 6.92 Å². The van der Waals surface area contributed by atoms with Gasteiger partial charge in [-0.25, -0.2) is 4.98 Å². The zero-order valence-electron chi connectivity index (χ0n) is 20.5. The van der Waals surface area contributed by atoms with Gasteiger partial charge >= 0.3 is 5.97 Å². The van der Waals surface area contributed by atoms with Crippen LogP contribution in [0.3, 0.4) is 0 Å². The van der Waals surface area contributed by atoms with Crippen molar-refractivity contribution in [2.24, 2.45) is 5.92 Å². The molecule has 10 nitrogen and oxygen atoms in total. The number of hydrogen-bond donors (Lipinski definition) is 1. The van der Waals surface area contributed by atoms with E-state index in [1.165, 1.54) is 7.11 Å². The predicted octanol–water partition coefficient (Wildman–Crippen LogP) is 1.89. The van der Waals surface area contributed by atoms with Gasteiger partial charge in [-0.05, 0) is 44.5 Å². The van der Waals surface area contributed by atoms with Gasteiger partial charge in [-0.3, -0.25) is 24.6 Å². The highest BCUT2D eigenvalue weighted by Crippen LogP contribution is 2.34. The molecular formula is C25H33N5O5. The summed E-state index contributed by atoms with van der Waals surface area (Å²) < 4.78 is 10.6. The molecule has 1 fully saturated rings. The Morgan fingerprint density at radius 1 is 1.23 bits per heavy atom. The molecule has 0 saturated carbocycles. The van der Waals surface area contributed by atoms with Gasteiger partial charge in [0.2, 0.25) is 5.91 Å². The average Bonchev–Trinajstić information content (AvgIpc) is 2.91. The van der Waals surface area contributed by atoms with E-state index in [4.69, 9.17) is 9.47 Å². The Balaban J connectivity index is 1.51. The lowest BCUT2D eigenvalue weighted by Crippen LogP contribution is -2.48. The van der Waals surface area contributed by atoms with Crippen molar-refractivity contribution in [3.63, 3.8) is 0 Å². The Morgan fingerprint density at radius 2 is 2.00 bits per heavy atom. The summed E-state index contributed by atoms with van der Waals surface area (Å²) in [6.07, 6.45) is 9.96. The summed E-state index contributed by atoms with van der Waals surface area (Å²) in [5, 5.41) is 3.14. The van der Waals surface area contributed by atoms with Gasteiger partial charge in [-0.2, -0.15) is 0 Å². The van der Waals surface area contributed by atoms with Crippen LogP contribution in [0.25, 0.3) is 0 Å². The van der Waals surface area contributed by atoms with Gasteiger partial charge in [0.1, 0.15) is 12.8 Å².